The molecule has 1 aromatic rings. The zero-order chi connectivity index (χ0) is 15.2. The first kappa shape index (κ1) is 16.3. The largest absolute Gasteiger partial charge is 0.496 e. The first-order chi connectivity index (χ1) is 9.33. The summed E-state index contributed by atoms with van der Waals surface area (Å²) in [5.74, 6) is 0.327. The third kappa shape index (κ3) is 5.48. The molecule has 1 rings (SSSR count). The maximum absolute atomic E-state index is 11.9. The van der Waals surface area contributed by atoms with Crippen LogP contribution in [0.4, 0.5) is 13.2 Å². The number of benzene rings is 1. The Labute approximate surface area is 115 Å². The predicted octanol–water partition coefficient (Wildman–Crippen LogP) is 2.84. The number of halogens is 3. The highest BCUT2D eigenvalue weighted by Gasteiger charge is 2.25. The lowest BCUT2D eigenvalue weighted by molar-refractivity contribution is -0.138. The van der Waals surface area contributed by atoms with E-state index in [1.165, 1.54) is 7.11 Å². The molecule has 0 saturated carbocycles. The molecule has 0 aliphatic heterocycles. The van der Waals surface area contributed by atoms with Crippen LogP contribution < -0.4 is 10.5 Å². The molecule has 3 N–H and O–H groups in total. The molecule has 0 aliphatic rings. The topological polar surface area (TPSA) is 68.3 Å². The Morgan fingerprint density at radius 2 is 2.05 bits per heavy atom. The normalized spacial score (nSPS) is 11.4. The molecule has 1 aromatic carbocycles. The number of methoxy groups -OCH3 is 1. The van der Waals surface area contributed by atoms with Gasteiger partial charge in [0.1, 0.15) is 11.6 Å². The third-order valence-electron chi connectivity index (χ3n) is 2.57. The fraction of sp³-hybridized carbons (Fsp3) is 0.462. The molecule has 0 aromatic heterocycles. The van der Waals surface area contributed by atoms with Crippen molar-refractivity contribution >= 4 is 5.84 Å². The molecular formula is C13H17F3N2O2. The van der Waals surface area contributed by atoms with Crippen LogP contribution in [0.3, 0.4) is 0 Å². The lowest BCUT2D eigenvalue weighted by Gasteiger charge is -2.10. The Morgan fingerprint density at radius 1 is 1.35 bits per heavy atom. The zero-order valence-corrected chi connectivity index (χ0v) is 11.1. The molecule has 112 valence electrons. The Hall–Kier alpha value is -1.76. The molecule has 0 unspecified atom stereocenters. The lowest BCUT2D eigenvalue weighted by atomic mass is 10.1. The molecule has 0 aliphatic carbocycles. The van der Waals surface area contributed by atoms with E-state index in [2.05, 4.69) is 0 Å². The molecule has 0 fully saturated rings. The summed E-state index contributed by atoms with van der Waals surface area (Å²) >= 11 is 0. The maximum atomic E-state index is 11.9. The molecule has 20 heavy (non-hydrogen) atoms. The van der Waals surface area contributed by atoms with Crippen molar-refractivity contribution in [2.45, 2.75) is 25.6 Å². The van der Waals surface area contributed by atoms with Crippen molar-refractivity contribution in [3.63, 3.8) is 0 Å². The Balaban J connectivity index is 2.47. The van der Waals surface area contributed by atoms with Crippen molar-refractivity contribution in [3.8, 4) is 5.75 Å². The van der Waals surface area contributed by atoms with E-state index in [0.717, 1.165) is 5.56 Å². The third-order valence-corrected chi connectivity index (χ3v) is 2.57. The monoisotopic (exact) mass is 290 g/mol. The van der Waals surface area contributed by atoms with Gasteiger partial charge in [0, 0.05) is 13.0 Å². The number of hydrogen-bond acceptors (Lipinski definition) is 3. The van der Waals surface area contributed by atoms with E-state index in [0.29, 0.717) is 11.3 Å². The predicted molar refractivity (Wildman–Crippen MR) is 69.0 cm³/mol. The van der Waals surface area contributed by atoms with Crippen LogP contribution >= 0.6 is 0 Å². The van der Waals surface area contributed by atoms with E-state index in [1.807, 2.05) is 0 Å². The number of ether oxygens (including phenoxy) is 2. The van der Waals surface area contributed by atoms with E-state index < -0.39 is 12.6 Å². The lowest BCUT2D eigenvalue weighted by Crippen LogP contribution is -2.13. The van der Waals surface area contributed by atoms with Gasteiger partial charge in [-0.3, -0.25) is 5.41 Å². The SMILES string of the molecule is COc1cc(COCCCC(F)(F)F)ccc1C(=N)N. The molecule has 0 amide bonds. The van der Waals surface area contributed by atoms with E-state index in [4.69, 9.17) is 20.6 Å². The minimum absolute atomic E-state index is 0.0380. The van der Waals surface area contributed by atoms with Crippen molar-refractivity contribution in [1.29, 1.82) is 5.41 Å². The smallest absolute Gasteiger partial charge is 0.389 e. The standard InChI is InChI=1S/C13H17F3N2O2/c1-19-11-7-9(3-4-10(11)12(17)18)8-20-6-2-5-13(14,15)16/h3-4,7H,2,5-6,8H2,1H3,(H3,17,18). The first-order valence-corrected chi connectivity index (χ1v) is 5.99. The average Bonchev–Trinajstić information content (AvgIpc) is 2.36. The average molecular weight is 290 g/mol. The van der Waals surface area contributed by atoms with Gasteiger partial charge in [-0.2, -0.15) is 13.2 Å². The van der Waals surface area contributed by atoms with Gasteiger partial charge in [0.05, 0.1) is 19.3 Å². The molecule has 0 radical (unpaired) electrons. The van der Waals surface area contributed by atoms with Gasteiger partial charge >= 0.3 is 6.18 Å². The number of rotatable bonds is 7. The van der Waals surface area contributed by atoms with E-state index in [1.54, 1.807) is 18.2 Å². The highest BCUT2D eigenvalue weighted by Crippen LogP contribution is 2.22. The van der Waals surface area contributed by atoms with Crippen molar-refractivity contribution < 1.29 is 22.6 Å². The van der Waals surface area contributed by atoms with Crippen LogP contribution in [-0.4, -0.2) is 25.7 Å². The van der Waals surface area contributed by atoms with Crippen LogP contribution in [0.1, 0.15) is 24.0 Å². The first-order valence-electron chi connectivity index (χ1n) is 5.99. The number of amidine groups is 1. The molecule has 0 saturated heterocycles. The molecule has 0 atom stereocenters. The second-order valence-corrected chi connectivity index (χ2v) is 4.22. The van der Waals surface area contributed by atoms with Crippen LogP contribution in [0.5, 0.6) is 5.75 Å². The Morgan fingerprint density at radius 3 is 2.60 bits per heavy atom. The van der Waals surface area contributed by atoms with Crippen molar-refractivity contribution in [2.24, 2.45) is 5.73 Å². The summed E-state index contributed by atoms with van der Waals surface area (Å²) < 4.78 is 46.0. The summed E-state index contributed by atoms with van der Waals surface area (Å²) in [6, 6.07) is 4.97. The number of nitrogens with two attached hydrogens (primary N) is 1. The summed E-state index contributed by atoms with van der Waals surface area (Å²) in [5, 5.41) is 7.36. The fourth-order valence-corrected chi connectivity index (χ4v) is 1.61. The fourth-order valence-electron chi connectivity index (χ4n) is 1.61. The summed E-state index contributed by atoms with van der Waals surface area (Å²) in [7, 11) is 1.45. The van der Waals surface area contributed by atoms with E-state index in [9.17, 15) is 13.2 Å². The molecule has 4 nitrogen and oxygen atoms in total. The van der Waals surface area contributed by atoms with E-state index in [-0.39, 0.29) is 25.5 Å². The second-order valence-electron chi connectivity index (χ2n) is 4.22. The number of nitrogens with one attached hydrogen (secondary N) is 1. The minimum atomic E-state index is -4.14. The number of hydrogen-bond donors (Lipinski definition) is 2. The molecular weight excluding hydrogens is 273 g/mol. The van der Waals surface area contributed by atoms with Crippen LogP contribution in [0.15, 0.2) is 18.2 Å². The van der Waals surface area contributed by atoms with Gasteiger partial charge in [-0.25, -0.2) is 0 Å². The molecule has 7 heteroatoms. The quantitative estimate of drug-likeness (QED) is 0.461. The Bertz CT molecular complexity index is 461. The molecule has 0 bridgehead atoms. The zero-order valence-electron chi connectivity index (χ0n) is 11.1. The van der Waals surface area contributed by atoms with Gasteiger partial charge in [-0.15, -0.1) is 0 Å². The van der Waals surface area contributed by atoms with Crippen LogP contribution in [0, 0.1) is 5.41 Å². The number of nitrogen functional groups attached to an aromatic ring is 1. The maximum Gasteiger partial charge on any atom is 0.389 e. The Kier molecular flexibility index (Phi) is 5.82. The van der Waals surface area contributed by atoms with Crippen LogP contribution in [-0.2, 0) is 11.3 Å². The summed E-state index contributed by atoms with van der Waals surface area (Å²) in [6.07, 6.45) is -5.05. The summed E-state index contributed by atoms with van der Waals surface area (Å²) in [5.41, 5.74) is 6.60. The van der Waals surface area contributed by atoms with Gasteiger partial charge < -0.3 is 15.2 Å². The van der Waals surface area contributed by atoms with Gasteiger partial charge in [0.2, 0.25) is 0 Å². The van der Waals surface area contributed by atoms with Crippen molar-refractivity contribution in [2.75, 3.05) is 13.7 Å². The highest BCUT2D eigenvalue weighted by atomic mass is 19.4. The summed E-state index contributed by atoms with van der Waals surface area (Å²) in [6.45, 7) is 0.225. The minimum Gasteiger partial charge on any atom is -0.496 e. The second kappa shape index (κ2) is 7.14. The molecule has 0 heterocycles. The highest BCUT2D eigenvalue weighted by molar-refractivity contribution is 5.97. The van der Waals surface area contributed by atoms with Crippen LogP contribution in [0.2, 0.25) is 0 Å². The van der Waals surface area contributed by atoms with Gasteiger partial charge in [0.25, 0.3) is 0 Å². The van der Waals surface area contributed by atoms with Gasteiger partial charge in [-0.1, -0.05) is 6.07 Å². The molecule has 0 spiro atoms. The van der Waals surface area contributed by atoms with Crippen molar-refractivity contribution in [3.05, 3.63) is 29.3 Å². The van der Waals surface area contributed by atoms with Crippen LogP contribution in [0.25, 0.3) is 0 Å². The summed E-state index contributed by atoms with van der Waals surface area (Å²) in [4.78, 5) is 0. The van der Waals surface area contributed by atoms with Gasteiger partial charge in [0.15, 0.2) is 0 Å². The number of alkyl halides is 3. The van der Waals surface area contributed by atoms with Crippen molar-refractivity contribution in [1.82, 2.24) is 0 Å². The van der Waals surface area contributed by atoms with E-state index >= 15 is 0 Å². The van der Waals surface area contributed by atoms with Gasteiger partial charge in [-0.05, 0) is 24.1 Å².